The fourth-order valence-electron chi connectivity index (χ4n) is 2.26. The van der Waals surface area contributed by atoms with Gasteiger partial charge in [-0.2, -0.15) is 0 Å². The van der Waals surface area contributed by atoms with Crippen molar-refractivity contribution in [2.75, 3.05) is 12.4 Å². The van der Waals surface area contributed by atoms with Crippen molar-refractivity contribution >= 4 is 39.2 Å². The Bertz CT molecular complexity index is 780. The number of hydrogen-bond acceptors (Lipinski definition) is 4. The number of rotatable bonds is 7. The van der Waals surface area contributed by atoms with E-state index in [0.717, 1.165) is 10.0 Å². The first-order valence-corrected chi connectivity index (χ1v) is 8.79. The van der Waals surface area contributed by atoms with E-state index >= 15 is 0 Å². The highest BCUT2D eigenvalue weighted by Crippen LogP contribution is 2.37. The van der Waals surface area contributed by atoms with Gasteiger partial charge in [0.2, 0.25) is 0 Å². The van der Waals surface area contributed by atoms with Crippen molar-refractivity contribution in [1.29, 1.82) is 0 Å². The Balaban J connectivity index is 2.31. The lowest BCUT2D eigenvalue weighted by Crippen LogP contribution is -2.11. The maximum absolute atomic E-state index is 11.2. The summed E-state index contributed by atoms with van der Waals surface area (Å²) in [5.41, 5.74) is 1.57. The summed E-state index contributed by atoms with van der Waals surface area (Å²) < 4.78 is 12.2. The van der Waals surface area contributed by atoms with Gasteiger partial charge in [0.15, 0.2) is 11.5 Å². The first-order chi connectivity index (χ1) is 11.8. The molecule has 0 radical (unpaired) electrons. The minimum atomic E-state index is -1.07. The van der Waals surface area contributed by atoms with Gasteiger partial charge in [0, 0.05) is 22.3 Å². The number of aromatic carboxylic acids is 1. The molecule has 2 rings (SSSR count). The molecule has 5 nitrogen and oxygen atoms in total. The summed E-state index contributed by atoms with van der Waals surface area (Å²) in [6.07, 6.45) is -0.0175. The molecule has 2 N–H and O–H groups in total. The van der Waals surface area contributed by atoms with Gasteiger partial charge in [0.25, 0.3) is 0 Å². The van der Waals surface area contributed by atoms with Gasteiger partial charge in [-0.15, -0.1) is 0 Å². The van der Waals surface area contributed by atoms with Crippen LogP contribution in [-0.4, -0.2) is 24.3 Å². The molecule has 0 fully saturated rings. The molecule has 2 aromatic carbocycles. The highest BCUT2D eigenvalue weighted by molar-refractivity contribution is 9.10. The molecule has 25 heavy (non-hydrogen) atoms. The zero-order valence-electron chi connectivity index (χ0n) is 14.1. The van der Waals surface area contributed by atoms with E-state index in [0.29, 0.717) is 23.7 Å². The normalized spacial score (nSPS) is 10.6. The largest absolute Gasteiger partial charge is 0.493 e. The molecule has 0 unspecified atom stereocenters. The van der Waals surface area contributed by atoms with Crippen molar-refractivity contribution in [2.45, 2.75) is 26.5 Å². The van der Waals surface area contributed by atoms with Crippen LogP contribution in [0.15, 0.2) is 34.8 Å². The third-order valence-electron chi connectivity index (χ3n) is 3.41. The Morgan fingerprint density at radius 2 is 2.04 bits per heavy atom. The Morgan fingerprint density at radius 1 is 1.32 bits per heavy atom. The van der Waals surface area contributed by atoms with Gasteiger partial charge in [-0.3, -0.25) is 0 Å². The molecule has 0 saturated heterocycles. The van der Waals surface area contributed by atoms with Gasteiger partial charge in [0.1, 0.15) is 0 Å². The van der Waals surface area contributed by atoms with E-state index in [1.54, 1.807) is 19.2 Å². The minimum absolute atomic E-state index is 0.0175. The van der Waals surface area contributed by atoms with Crippen molar-refractivity contribution in [2.24, 2.45) is 0 Å². The topological polar surface area (TPSA) is 67.8 Å². The molecule has 2 aromatic rings. The first-order valence-electron chi connectivity index (χ1n) is 7.62. The lowest BCUT2D eigenvalue weighted by molar-refractivity contribution is 0.0697. The highest BCUT2D eigenvalue weighted by atomic mass is 79.9. The average Bonchev–Trinajstić information content (AvgIpc) is 2.55. The second-order valence-electron chi connectivity index (χ2n) is 5.58. The molecule has 0 amide bonds. The minimum Gasteiger partial charge on any atom is -0.493 e. The Hall–Kier alpha value is -1.92. The molecular weight excluding hydrogens is 410 g/mol. The molecule has 0 atom stereocenters. The van der Waals surface area contributed by atoms with Crippen molar-refractivity contribution in [3.8, 4) is 11.5 Å². The molecule has 0 heterocycles. The average molecular weight is 429 g/mol. The standard InChI is InChI=1S/C18H19BrClNO4/c1-10(2)25-17-13(14(19)5-7-16(17)24-3)9-21-11-4-6-15(20)12(8-11)18(22)23/h4-8,10,21H,9H2,1-3H3,(H,22,23). The maximum atomic E-state index is 11.2. The van der Waals surface area contributed by atoms with Crippen molar-refractivity contribution in [3.63, 3.8) is 0 Å². The molecule has 0 aliphatic rings. The predicted molar refractivity (Wildman–Crippen MR) is 102 cm³/mol. The first kappa shape index (κ1) is 19.4. The fraction of sp³-hybridized carbons (Fsp3) is 0.278. The Labute approximate surface area is 160 Å². The predicted octanol–water partition coefficient (Wildman–Crippen LogP) is 5.21. The zero-order chi connectivity index (χ0) is 18.6. The van der Waals surface area contributed by atoms with Crippen molar-refractivity contribution in [3.05, 3.63) is 51.0 Å². The third kappa shape index (κ3) is 4.80. The lowest BCUT2D eigenvalue weighted by Gasteiger charge is -2.19. The van der Waals surface area contributed by atoms with E-state index in [4.69, 9.17) is 21.1 Å². The summed E-state index contributed by atoms with van der Waals surface area (Å²) in [6.45, 7) is 4.30. The van der Waals surface area contributed by atoms with Gasteiger partial charge in [-0.25, -0.2) is 4.79 Å². The smallest absolute Gasteiger partial charge is 0.337 e. The SMILES string of the molecule is COc1ccc(Br)c(CNc2ccc(Cl)c(C(=O)O)c2)c1OC(C)C. The number of ether oxygens (including phenoxy) is 2. The van der Waals surface area contributed by atoms with E-state index in [1.807, 2.05) is 26.0 Å². The van der Waals surface area contributed by atoms with Crippen LogP contribution in [0.25, 0.3) is 0 Å². The molecule has 134 valence electrons. The number of nitrogens with one attached hydrogen (secondary N) is 1. The number of carboxylic acids is 1. The van der Waals surface area contributed by atoms with Crippen LogP contribution in [0.3, 0.4) is 0 Å². The van der Waals surface area contributed by atoms with Crippen LogP contribution in [0, 0.1) is 0 Å². The number of carboxylic acid groups (broad SMARTS) is 1. The summed E-state index contributed by atoms with van der Waals surface area (Å²) >= 11 is 9.44. The van der Waals surface area contributed by atoms with Gasteiger partial charge in [0.05, 0.1) is 23.8 Å². The zero-order valence-corrected chi connectivity index (χ0v) is 16.4. The van der Waals surface area contributed by atoms with E-state index in [2.05, 4.69) is 21.2 Å². The van der Waals surface area contributed by atoms with Crippen LogP contribution in [-0.2, 0) is 6.54 Å². The van der Waals surface area contributed by atoms with E-state index in [1.165, 1.54) is 6.07 Å². The molecule has 0 spiro atoms. The van der Waals surface area contributed by atoms with Crippen LogP contribution in [0.1, 0.15) is 29.8 Å². The van der Waals surface area contributed by atoms with Crippen LogP contribution < -0.4 is 14.8 Å². The summed E-state index contributed by atoms with van der Waals surface area (Å²) in [5, 5.41) is 12.6. The highest BCUT2D eigenvalue weighted by Gasteiger charge is 2.16. The van der Waals surface area contributed by atoms with E-state index in [9.17, 15) is 9.90 Å². The monoisotopic (exact) mass is 427 g/mol. The molecule has 0 aliphatic heterocycles. The number of hydrogen-bond donors (Lipinski definition) is 2. The second kappa shape index (κ2) is 8.45. The van der Waals surface area contributed by atoms with Crippen LogP contribution >= 0.6 is 27.5 Å². The van der Waals surface area contributed by atoms with Crippen LogP contribution in [0.2, 0.25) is 5.02 Å². The van der Waals surface area contributed by atoms with Gasteiger partial charge < -0.3 is 19.9 Å². The van der Waals surface area contributed by atoms with Crippen LogP contribution in [0.4, 0.5) is 5.69 Å². The van der Waals surface area contributed by atoms with E-state index < -0.39 is 5.97 Å². The van der Waals surface area contributed by atoms with Crippen molar-refractivity contribution in [1.82, 2.24) is 0 Å². The number of methoxy groups -OCH3 is 1. The molecule has 0 aromatic heterocycles. The molecule has 0 aliphatic carbocycles. The summed E-state index contributed by atoms with van der Waals surface area (Å²) in [6, 6.07) is 8.50. The lowest BCUT2D eigenvalue weighted by atomic mass is 10.1. The maximum Gasteiger partial charge on any atom is 0.337 e. The van der Waals surface area contributed by atoms with E-state index in [-0.39, 0.29) is 16.7 Å². The number of anilines is 1. The summed E-state index contributed by atoms with van der Waals surface area (Å²) in [4.78, 5) is 11.2. The summed E-state index contributed by atoms with van der Waals surface area (Å²) in [5.74, 6) is 0.211. The number of carbonyl (C=O) groups is 1. The molecule has 7 heteroatoms. The summed E-state index contributed by atoms with van der Waals surface area (Å²) in [7, 11) is 1.59. The second-order valence-corrected chi connectivity index (χ2v) is 6.84. The Morgan fingerprint density at radius 3 is 2.64 bits per heavy atom. The number of benzene rings is 2. The fourth-order valence-corrected chi connectivity index (χ4v) is 2.91. The molecular formula is C18H19BrClNO4. The number of halogens is 2. The van der Waals surface area contributed by atoms with Gasteiger partial charge in [-0.05, 0) is 44.2 Å². The van der Waals surface area contributed by atoms with Gasteiger partial charge in [-0.1, -0.05) is 27.5 Å². The third-order valence-corrected chi connectivity index (χ3v) is 4.48. The molecule has 0 bridgehead atoms. The van der Waals surface area contributed by atoms with Gasteiger partial charge >= 0.3 is 5.97 Å². The van der Waals surface area contributed by atoms with Crippen molar-refractivity contribution < 1.29 is 19.4 Å². The van der Waals surface area contributed by atoms with Crippen LogP contribution in [0.5, 0.6) is 11.5 Å². The molecule has 0 saturated carbocycles. The Kier molecular flexibility index (Phi) is 6.56. The quantitative estimate of drug-likeness (QED) is 0.634.